The number of hydrogen-bond acceptors (Lipinski definition) is 3. The van der Waals surface area contributed by atoms with Crippen molar-refractivity contribution in [3.8, 4) is 5.75 Å². The lowest BCUT2D eigenvalue weighted by Gasteiger charge is -2.11. The smallest absolute Gasteiger partial charge is 0.262 e. The number of rotatable bonds is 6. The van der Waals surface area contributed by atoms with Crippen molar-refractivity contribution < 1.29 is 14.3 Å². The molecule has 0 aliphatic rings. The number of carbonyl (C=O) groups excluding carboxylic acids is 2. The highest BCUT2D eigenvalue weighted by atomic mass is 16.5. The minimum absolute atomic E-state index is 0.0821. The number of aryl methyl sites for hydroxylation is 1. The van der Waals surface area contributed by atoms with Crippen molar-refractivity contribution in [2.45, 2.75) is 13.3 Å². The van der Waals surface area contributed by atoms with Crippen LogP contribution in [0, 0.1) is 0 Å². The van der Waals surface area contributed by atoms with Gasteiger partial charge in [0.2, 0.25) is 0 Å². The number of amides is 2. The molecule has 0 radical (unpaired) electrons. The number of nitrogens with one attached hydrogen (secondary N) is 2. The first kappa shape index (κ1) is 16.5. The first-order chi connectivity index (χ1) is 11.1. The van der Waals surface area contributed by atoms with Gasteiger partial charge in [-0.2, -0.15) is 0 Å². The van der Waals surface area contributed by atoms with E-state index in [0.717, 1.165) is 12.0 Å². The van der Waals surface area contributed by atoms with E-state index in [9.17, 15) is 9.59 Å². The molecule has 120 valence electrons. The van der Waals surface area contributed by atoms with Gasteiger partial charge in [-0.05, 0) is 36.2 Å². The highest BCUT2D eigenvalue weighted by Gasteiger charge is 2.08. The maximum Gasteiger partial charge on any atom is 0.262 e. The van der Waals surface area contributed by atoms with Gasteiger partial charge in [-0.3, -0.25) is 9.59 Å². The molecule has 0 fully saturated rings. The van der Waals surface area contributed by atoms with Crippen molar-refractivity contribution in [3.05, 3.63) is 59.7 Å². The molecule has 0 saturated carbocycles. The molecular formula is C18H20N2O3. The van der Waals surface area contributed by atoms with Crippen LogP contribution in [-0.4, -0.2) is 25.5 Å². The zero-order chi connectivity index (χ0) is 16.7. The van der Waals surface area contributed by atoms with Crippen LogP contribution in [0.5, 0.6) is 5.75 Å². The average Bonchev–Trinajstić information content (AvgIpc) is 2.59. The van der Waals surface area contributed by atoms with Gasteiger partial charge in [-0.1, -0.05) is 31.2 Å². The molecule has 0 bridgehead atoms. The Labute approximate surface area is 135 Å². The van der Waals surface area contributed by atoms with E-state index in [-0.39, 0.29) is 18.4 Å². The highest BCUT2D eigenvalue weighted by molar-refractivity contribution is 5.97. The third-order valence-electron chi connectivity index (χ3n) is 3.35. The normalized spacial score (nSPS) is 10.0. The lowest BCUT2D eigenvalue weighted by Crippen LogP contribution is -2.21. The van der Waals surface area contributed by atoms with E-state index in [2.05, 4.69) is 10.6 Å². The van der Waals surface area contributed by atoms with Gasteiger partial charge in [-0.15, -0.1) is 0 Å². The Morgan fingerprint density at radius 2 is 1.87 bits per heavy atom. The van der Waals surface area contributed by atoms with E-state index in [0.29, 0.717) is 17.0 Å². The lowest BCUT2D eigenvalue weighted by molar-refractivity contribution is -0.118. The molecule has 0 aromatic heterocycles. The Bertz CT molecular complexity index is 698. The Balaban J connectivity index is 1.96. The van der Waals surface area contributed by atoms with Crippen molar-refractivity contribution in [3.63, 3.8) is 0 Å². The second-order valence-corrected chi connectivity index (χ2v) is 4.96. The molecule has 0 spiro atoms. The van der Waals surface area contributed by atoms with Gasteiger partial charge in [0.1, 0.15) is 5.75 Å². The minimum Gasteiger partial charge on any atom is -0.483 e. The Kier molecular flexibility index (Phi) is 5.74. The van der Waals surface area contributed by atoms with Crippen LogP contribution in [0.4, 0.5) is 5.69 Å². The molecular weight excluding hydrogens is 292 g/mol. The summed E-state index contributed by atoms with van der Waals surface area (Å²) in [5, 5.41) is 5.27. The van der Waals surface area contributed by atoms with Crippen LogP contribution in [0.25, 0.3) is 0 Å². The quantitative estimate of drug-likeness (QED) is 0.861. The molecule has 0 heterocycles. The highest BCUT2D eigenvalue weighted by Crippen LogP contribution is 2.18. The third-order valence-corrected chi connectivity index (χ3v) is 3.35. The molecule has 0 aliphatic heterocycles. The van der Waals surface area contributed by atoms with Gasteiger partial charge in [0.05, 0.1) is 0 Å². The van der Waals surface area contributed by atoms with Gasteiger partial charge in [0.15, 0.2) is 6.61 Å². The Morgan fingerprint density at radius 3 is 2.61 bits per heavy atom. The number of carbonyl (C=O) groups is 2. The molecule has 0 atom stereocenters. The van der Waals surface area contributed by atoms with Crippen molar-refractivity contribution in [2.75, 3.05) is 19.0 Å². The van der Waals surface area contributed by atoms with E-state index in [1.165, 1.54) is 0 Å². The maximum atomic E-state index is 12.0. The molecule has 2 N–H and O–H groups in total. The molecule has 2 aromatic carbocycles. The van der Waals surface area contributed by atoms with E-state index < -0.39 is 0 Å². The van der Waals surface area contributed by atoms with Crippen LogP contribution in [0.1, 0.15) is 22.8 Å². The summed E-state index contributed by atoms with van der Waals surface area (Å²) in [6, 6.07) is 14.4. The number of para-hydroxylation sites is 1. The summed E-state index contributed by atoms with van der Waals surface area (Å²) in [4.78, 5) is 23.6. The standard InChI is InChI=1S/C18H20N2O3/c1-3-13-7-4-5-10-16(13)23-12-17(21)20-15-9-6-8-14(11-15)18(22)19-2/h4-11H,3,12H2,1-2H3,(H,19,22)(H,20,21). The minimum atomic E-state index is -0.273. The first-order valence-corrected chi connectivity index (χ1v) is 7.46. The molecule has 5 heteroatoms. The summed E-state index contributed by atoms with van der Waals surface area (Å²) in [7, 11) is 1.56. The number of hydrogen-bond donors (Lipinski definition) is 2. The van der Waals surface area contributed by atoms with Crippen LogP contribution >= 0.6 is 0 Å². The van der Waals surface area contributed by atoms with E-state index in [4.69, 9.17) is 4.74 Å². The van der Waals surface area contributed by atoms with Gasteiger partial charge in [0.25, 0.3) is 11.8 Å². The van der Waals surface area contributed by atoms with Gasteiger partial charge in [-0.25, -0.2) is 0 Å². The predicted molar refractivity (Wildman–Crippen MR) is 89.8 cm³/mol. The summed E-state index contributed by atoms with van der Waals surface area (Å²) in [5.74, 6) is 0.239. The van der Waals surface area contributed by atoms with Crippen molar-refractivity contribution in [1.82, 2.24) is 5.32 Å². The van der Waals surface area contributed by atoms with Gasteiger partial charge >= 0.3 is 0 Å². The zero-order valence-corrected chi connectivity index (χ0v) is 13.3. The van der Waals surface area contributed by atoms with Gasteiger partial charge < -0.3 is 15.4 Å². The molecule has 23 heavy (non-hydrogen) atoms. The fourth-order valence-corrected chi connectivity index (χ4v) is 2.16. The van der Waals surface area contributed by atoms with E-state index >= 15 is 0 Å². The van der Waals surface area contributed by atoms with Crippen LogP contribution in [0.3, 0.4) is 0 Å². The van der Waals surface area contributed by atoms with E-state index in [1.54, 1.807) is 31.3 Å². The SMILES string of the molecule is CCc1ccccc1OCC(=O)Nc1cccc(C(=O)NC)c1. The van der Waals surface area contributed by atoms with Crippen LogP contribution < -0.4 is 15.4 Å². The predicted octanol–water partition coefficient (Wildman–Crippen LogP) is 2.63. The van der Waals surface area contributed by atoms with E-state index in [1.807, 2.05) is 31.2 Å². The van der Waals surface area contributed by atoms with Crippen molar-refractivity contribution in [1.29, 1.82) is 0 Å². The number of ether oxygens (including phenoxy) is 1. The van der Waals surface area contributed by atoms with Crippen LogP contribution in [0.15, 0.2) is 48.5 Å². The second-order valence-electron chi connectivity index (χ2n) is 4.96. The molecule has 0 aliphatic carbocycles. The molecule has 0 saturated heterocycles. The van der Waals surface area contributed by atoms with Crippen LogP contribution in [0.2, 0.25) is 0 Å². The summed E-state index contributed by atoms with van der Waals surface area (Å²) < 4.78 is 5.57. The summed E-state index contributed by atoms with van der Waals surface area (Å²) in [6.07, 6.45) is 0.839. The molecule has 0 unspecified atom stereocenters. The fourth-order valence-electron chi connectivity index (χ4n) is 2.16. The summed E-state index contributed by atoms with van der Waals surface area (Å²) >= 11 is 0. The molecule has 5 nitrogen and oxygen atoms in total. The average molecular weight is 312 g/mol. The summed E-state index contributed by atoms with van der Waals surface area (Å²) in [5.41, 5.74) is 2.10. The van der Waals surface area contributed by atoms with Gasteiger partial charge in [0, 0.05) is 18.3 Å². The number of anilines is 1. The molecule has 2 rings (SSSR count). The van der Waals surface area contributed by atoms with Crippen molar-refractivity contribution in [2.24, 2.45) is 0 Å². The summed E-state index contributed by atoms with van der Waals surface area (Å²) in [6.45, 7) is 1.95. The fraction of sp³-hybridized carbons (Fsp3) is 0.222. The largest absolute Gasteiger partial charge is 0.483 e. The monoisotopic (exact) mass is 312 g/mol. The lowest BCUT2D eigenvalue weighted by atomic mass is 10.1. The first-order valence-electron chi connectivity index (χ1n) is 7.46. The topological polar surface area (TPSA) is 67.4 Å². The number of benzene rings is 2. The molecule has 2 aromatic rings. The second kappa shape index (κ2) is 7.98. The zero-order valence-electron chi connectivity index (χ0n) is 13.3. The third kappa shape index (κ3) is 4.57. The Hall–Kier alpha value is -2.82. The van der Waals surface area contributed by atoms with Crippen molar-refractivity contribution >= 4 is 17.5 Å². The van der Waals surface area contributed by atoms with Crippen LogP contribution in [-0.2, 0) is 11.2 Å². The maximum absolute atomic E-state index is 12.0. The molecule has 2 amide bonds. The Morgan fingerprint density at radius 1 is 1.09 bits per heavy atom.